The van der Waals surface area contributed by atoms with Gasteiger partial charge in [-0.2, -0.15) is 0 Å². The number of imidazole rings is 1. The molecule has 0 aliphatic carbocycles. The molecule has 0 aliphatic heterocycles. The summed E-state index contributed by atoms with van der Waals surface area (Å²) in [4.78, 5) is 0. The van der Waals surface area contributed by atoms with E-state index in [9.17, 15) is 12.9 Å². The molecule has 1 aromatic heterocycles. The quantitative estimate of drug-likeness (QED) is 0.385. The van der Waals surface area contributed by atoms with Gasteiger partial charge in [-0.05, 0) is 27.7 Å². The Labute approximate surface area is 93.7 Å². The smallest absolute Gasteiger partial charge is 0.762 e. The topological polar surface area (TPSA) is 8.81 Å². The average Bonchev–Trinajstić information content (AvgIpc) is 2.49. The third kappa shape index (κ3) is 7.31. The van der Waals surface area contributed by atoms with Crippen LogP contribution < -0.4 is 9.27 Å². The molecule has 0 N–H and O–H groups in total. The van der Waals surface area contributed by atoms with Gasteiger partial charge in [0.1, 0.15) is 12.4 Å². The van der Waals surface area contributed by atoms with Gasteiger partial charge in [0.15, 0.2) is 0 Å². The molecule has 0 spiro atoms. The summed E-state index contributed by atoms with van der Waals surface area (Å²) in [7, 11) is -3.67. The van der Waals surface area contributed by atoms with Gasteiger partial charge in [0.2, 0.25) is 6.33 Å². The molecule has 0 saturated heterocycles. The zero-order valence-corrected chi connectivity index (χ0v) is 9.87. The zero-order chi connectivity index (χ0) is 12.0. The normalized spacial score (nSPS) is 9.56. The molecule has 0 fully saturated rings. The van der Waals surface area contributed by atoms with E-state index in [-0.39, 0.29) is 4.70 Å². The summed E-state index contributed by atoms with van der Waals surface area (Å²) in [6, 6.07) is 1.13. The first kappa shape index (κ1) is 17.4. The van der Waals surface area contributed by atoms with Crippen LogP contribution in [0.1, 0.15) is 39.8 Å². The first-order chi connectivity index (χ1) is 6.84. The maximum absolute atomic E-state index is 9.67. The first-order valence-corrected chi connectivity index (χ1v) is 4.85. The van der Waals surface area contributed by atoms with Crippen molar-refractivity contribution in [1.82, 2.24) is 4.57 Å². The molecule has 0 aromatic carbocycles. The lowest BCUT2D eigenvalue weighted by atomic mass is 10.4. The van der Waals surface area contributed by atoms with E-state index < -0.39 is 7.54 Å². The van der Waals surface area contributed by atoms with Crippen LogP contribution in [-0.2, 0) is 0 Å². The molecular formula is C9H17BF4N2. The van der Waals surface area contributed by atoms with Crippen molar-refractivity contribution < 1.29 is 22.2 Å². The highest BCUT2D eigenvalue weighted by molar-refractivity contribution is 6.33. The van der Waals surface area contributed by atoms with Crippen molar-refractivity contribution in [1.29, 1.82) is 0 Å². The van der Waals surface area contributed by atoms with Crippen LogP contribution in [0.4, 0.5) is 12.9 Å². The maximum Gasteiger partial charge on any atom is 0.762 e. The van der Waals surface area contributed by atoms with E-state index in [1.807, 2.05) is 0 Å². The second-order valence-corrected chi connectivity index (χ2v) is 3.74. The van der Waals surface area contributed by atoms with Crippen molar-refractivity contribution in [2.45, 2.75) is 39.8 Å². The zero-order valence-electron chi connectivity index (χ0n) is 9.87. The van der Waals surface area contributed by atoms with Gasteiger partial charge < -0.3 is 4.70 Å². The Balaban J connectivity index is 0. The monoisotopic (exact) mass is 240 g/mol. The Morgan fingerprint density at radius 3 is 1.75 bits per heavy atom. The molecule has 0 bridgehead atoms. The highest BCUT2D eigenvalue weighted by Gasteiger charge is 2.08. The third-order valence-corrected chi connectivity index (χ3v) is 1.87. The third-order valence-electron chi connectivity index (χ3n) is 1.87. The Morgan fingerprint density at radius 1 is 1.12 bits per heavy atom. The molecule has 1 aromatic rings. The predicted molar refractivity (Wildman–Crippen MR) is 54.5 cm³/mol. The van der Waals surface area contributed by atoms with Gasteiger partial charge >= 0.3 is 7.54 Å². The first-order valence-electron chi connectivity index (χ1n) is 4.85. The number of hydrogen-bond donors (Lipinski definition) is 0. The molecular weight excluding hydrogens is 223 g/mol. The largest absolute Gasteiger partial charge is 1.00 e. The Hall–Kier alpha value is -1.01. The summed E-state index contributed by atoms with van der Waals surface area (Å²) < 4.78 is 33.4. The summed E-state index contributed by atoms with van der Waals surface area (Å²) in [5, 5.41) is 0. The standard InChI is InChI=1S/C9H17N2.BF3.FH/c1-8(2)10-5-6-11(7-10)9(3)4;2-1(3)4;/h5-9H,1-4H3;;1H/q+1;;/p-1. The summed E-state index contributed by atoms with van der Waals surface area (Å²) in [6.45, 7) is 8.74. The number of nitrogens with zero attached hydrogens (tertiary/aromatic N) is 2. The van der Waals surface area contributed by atoms with Gasteiger partial charge in [0.05, 0.1) is 12.1 Å². The van der Waals surface area contributed by atoms with Crippen molar-refractivity contribution in [3.8, 4) is 0 Å². The van der Waals surface area contributed by atoms with Crippen LogP contribution in [-0.4, -0.2) is 12.1 Å². The lowest BCUT2D eigenvalue weighted by Gasteiger charge is -1.99. The second kappa shape index (κ2) is 8.18. The molecule has 0 atom stereocenters. The molecule has 0 unspecified atom stereocenters. The number of halogens is 4. The van der Waals surface area contributed by atoms with Gasteiger partial charge in [-0.15, -0.1) is 0 Å². The molecule has 1 rings (SSSR count). The fourth-order valence-corrected chi connectivity index (χ4v) is 0.996. The summed E-state index contributed by atoms with van der Waals surface area (Å²) >= 11 is 0. The van der Waals surface area contributed by atoms with Crippen molar-refractivity contribution in [2.75, 3.05) is 0 Å². The Kier molecular flexibility index (Phi) is 8.89. The SMILES string of the molecule is CC(C)n1cc[n+](C(C)C)c1.FB(F)F.[F-]. The second-order valence-electron chi connectivity index (χ2n) is 3.74. The summed E-state index contributed by atoms with van der Waals surface area (Å²) in [6.07, 6.45) is 6.38. The van der Waals surface area contributed by atoms with Gasteiger partial charge in [0, 0.05) is 0 Å². The van der Waals surface area contributed by atoms with Crippen LogP contribution in [0.25, 0.3) is 0 Å². The van der Waals surface area contributed by atoms with Crippen LogP contribution in [0.2, 0.25) is 0 Å². The Morgan fingerprint density at radius 2 is 1.56 bits per heavy atom. The Bertz CT molecular complexity index is 251. The number of aromatic nitrogens is 2. The molecule has 7 heteroatoms. The minimum atomic E-state index is -3.67. The van der Waals surface area contributed by atoms with Crippen LogP contribution in [0, 0.1) is 0 Å². The fourth-order valence-electron chi connectivity index (χ4n) is 0.996. The lowest BCUT2D eigenvalue weighted by molar-refractivity contribution is -0.715. The van der Waals surface area contributed by atoms with Gasteiger partial charge in [-0.1, -0.05) is 0 Å². The molecule has 94 valence electrons. The molecule has 16 heavy (non-hydrogen) atoms. The van der Waals surface area contributed by atoms with E-state index in [2.05, 4.69) is 55.6 Å². The fraction of sp³-hybridized carbons (Fsp3) is 0.667. The number of hydrogen-bond acceptors (Lipinski definition) is 0. The molecule has 2 nitrogen and oxygen atoms in total. The van der Waals surface area contributed by atoms with Gasteiger partial charge in [0.25, 0.3) is 0 Å². The van der Waals surface area contributed by atoms with Crippen molar-refractivity contribution in [3.63, 3.8) is 0 Å². The molecule has 0 aliphatic rings. The highest BCUT2D eigenvalue weighted by Crippen LogP contribution is 2.01. The van der Waals surface area contributed by atoms with Gasteiger partial charge in [-0.3, -0.25) is 12.9 Å². The molecule has 0 amide bonds. The highest BCUT2D eigenvalue weighted by atomic mass is 19.4. The van der Waals surface area contributed by atoms with Gasteiger partial charge in [-0.25, -0.2) is 9.13 Å². The van der Waals surface area contributed by atoms with Crippen LogP contribution in [0.15, 0.2) is 18.7 Å². The number of rotatable bonds is 2. The van der Waals surface area contributed by atoms with Crippen molar-refractivity contribution >= 4 is 7.54 Å². The van der Waals surface area contributed by atoms with Crippen LogP contribution in [0.3, 0.4) is 0 Å². The van der Waals surface area contributed by atoms with Crippen LogP contribution in [0.5, 0.6) is 0 Å². The average molecular weight is 240 g/mol. The minimum Gasteiger partial charge on any atom is -1.00 e. The molecule has 0 saturated carbocycles. The maximum atomic E-state index is 9.67. The van der Waals surface area contributed by atoms with E-state index >= 15 is 0 Å². The van der Waals surface area contributed by atoms with E-state index in [0.717, 1.165) is 0 Å². The van der Waals surface area contributed by atoms with Crippen molar-refractivity contribution in [3.05, 3.63) is 18.7 Å². The minimum absolute atomic E-state index is 0. The van der Waals surface area contributed by atoms with E-state index in [0.29, 0.717) is 12.1 Å². The van der Waals surface area contributed by atoms with E-state index in [1.165, 1.54) is 0 Å². The van der Waals surface area contributed by atoms with Crippen molar-refractivity contribution in [2.24, 2.45) is 0 Å². The predicted octanol–water partition coefficient (Wildman–Crippen LogP) is -0.179. The molecule has 1 heterocycles. The lowest BCUT2D eigenvalue weighted by Crippen LogP contribution is -3.00. The summed E-state index contributed by atoms with van der Waals surface area (Å²) in [5.74, 6) is 0. The summed E-state index contributed by atoms with van der Waals surface area (Å²) in [5.41, 5.74) is 0. The van der Waals surface area contributed by atoms with E-state index in [4.69, 9.17) is 0 Å². The molecule has 0 radical (unpaired) electrons. The van der Waals surface area contributed by atoms with E-state index in [1.54, 1.807) is 0 Å². The van der Waals surface area contributed by atoms with Crippen LogP contribution >= 0.6 is 0 Å².